The summed E-state index contributed by atoms with van der Waals surface area (Å²) in [6.45, 7) is 3.41. The van der Waals surface area contributed by atoms with Crippen molar-refractivity contribution in [2.75, 3.05) is 31.1 Å². The fourth-order valence-electron chi connectivity index (χ4n) is 3.21. The van der Waals surface area contributed by atoms with Crippen LogP contribution in [0.25, 0.3) is 0 Å². The molecule has 4 heteroatoms. The van der Waals surface area contributed by atoms with Gasteiger partial charge in [0.1, 0.15) is 0 Å². The predicted octanol–water partition coefficient (Wildman–Crippen LogP) is 1.02. The number of piperidine rings is 1. The van der Waals surface area contributed by atoms with Crippen LogP contribution in [0, 0.1) is 50.0 Å². The van der Waals surface area contributed by atoms with Crippen molar-refractivity contribution in [3.63, 3.8) is 0 Å². The van der Waals surface area contributed by atoms with E-state index in [4.69, 9.17) is 0 Å². The summed E-state index contributed by atoms with van der Waals surface area (Å²) >= 11 is 0. The molecule has 3 nitrogen and oxygen atoms in total. The van der Waals surface area contributed by atoms with E-state index in [-0.39, 0.29) is 50.7 Å². The largest absolute Gasteiger partial charge is 0.396 e. The zero-order valence-electron chi connectivity index (χ0n) is 10.7. The van der Waals surface area contributed by atoms with Crippen LogP contribution in [0.3, 0.4) is 0 Å². The normalized spacial score (nSPS) is 26.6. The first-order valence-electron chi connectivity index (χ1n) is 6.56. The molecule has 1 fully saturated rings. The van der Waals surface area contributed by atoms with E-state index in [0.29, 0.717) is 12.0 Å². The summed E-state index contributed by atoms with van der Waals surface area (Å²) in [6, 6.07) is 9.19. The van der Waals surface area contributed by atoms with Gasteiger partial charge in [0.15, 0.2) is 0 Å². The van der Waals surface area contributed by atoms with Crippen LogP contribution >= 0.6 is 0 Å². The molecule has 2 unspecified atom stereocenters. The van der Waals surface area contributed by atoms with E-state index in [2.05, 4.69) is 34.5 Å². The Bertz CT molecular complexity index is 399. The van der Waals surface area contributed by atoms with Gasteiger partial charge in [-0.1, -0.05) is 18.2 Å². The Morgan fingerprint density at radius 3 is 3.00 bits per heavy atom. The molecule has 3 rings (SSSR count). The number of aliphatic hydroxyl groups is 1. The standard InChI is InChI=1S/C14H20N2O.Ac/c17-10-12-9-15-7-5-14(12)16-8-6-11-3-1-2-4-13(11)16;/h1-4,12,14-15,17H,5-10H2;. The molecule has 2 aliphatic heterocycles. The predicted molar refractivity (Wildman–Crippen MR) is 69.3 cm³/mol. The molecule has 2 N–H and O–H groups in total. The zero-order valence-corrected chi connectivity index (χ0v) is 15.4. The number of hydrogen-bond donors (Lipinski definition) is 2. The second kappa shape index (κ2) is 6.70. The average molecular weight is 459 g/mol. The average Bonchev–Trinajstić information content (AvgIpc) is 2.82. The van der Waals surface area contributed by atoms with E-state index in [9.17, 15) is 5.11 Å². The van der Waals surface area contributed by atoms with Crippen molar-refractivity contribution in [1.82, 2.24) is 5.32 Å². The van der Waals surface area contributed by atoms with Crippen LogP contribution in [0.4, 0.5) is 5.69 Å². The smallest absolute Gasteiger partial charge is 0.0491 e. The maximum atomic E-state index is 9.50. The quantitative estimate of drug-likeness (QED) is 0.694. The molecule has 0 aromatic heterocycles. The minimum atomic E-state index is 0. The summed E-state index contributed by atoms with van der Waals surface area (Å²) in [7, 11) is 0. The Morgan fingerprint density at radius 1 is 1.33 bits per heavy atom. The number of nitrogens with one attached hydrogen (secondary N) is 1. The Morgan fingerprint density at radius 2 is 2.17 bits per heavy atom. The zero-order chi connectivity index (χ0) is 11.7. The fourth-order valence-corrected chi connectivity index (χ4v) is 3.21. The monoisotopic (exact) mass is 459 g/mol. The molecule has 2 atom stereocenters. The number of nitrogens with zero attached hydrogens (tertiary/aromatic N) is 1. The maximum absolute atomic E-state index is 9.50. The summed E-state index contributed by atoms with van der Waals surface area (Å²) in [6.07, 6.45) is 2.29. The Labute approximate surface area is 144 Å². The van der Waals surface area contributed by atoms with Gasteiger partial charge in [-0.3, -0.25) is 0 Å². The fraction of sp³-hybridized carbons (Fsp3) is 0.571. The number of aliphatic hydroxyl groups excluding tert-OH is 1. The van der Waals surface area contributed by atoms with Gasteiger partial charge in [0, 0.05) is 81.4 Å². The summed E-state index contributed by atoms with van der Waals surface area (Å²) in [5, 5.41) is 12.9. The third-order valence-electron chi connectivity index (χ3n) is 4.13. The van der Waals surface area contributed by atoms with E-state index in [0.717, 1.165) is 32.5 Å². The number of hydrogen-bond acceptors (Lipinski definition) is 3. The van der Waals surface area contributed by atoms with Crippen molar-refractivity contribution in [2.45, 2.75) is 18.9 Å². The van der Waals surface area contributed by atoms with Crippen molar-refractivity contribution in [2.24, 2.45) is 5.92 Å². The van der Waals surface area contributed by atoms with E-state index in [1.807, 2.05) is 0 Å². The van der Waals surface area contributed by atoms with Crippen molar-refractivity contribution in [1.29, 1.82) is 0 Å². The van der Waals surface area contributed by atoms with Gasteiger partial charge in [-0.2, -0.15) is 0 Å². The first kappa shape index (κ1) is 14.8. The van der Waals surface area contributed by atoms with E-state index in [1.54, 1.807) is 0 Å². The molecular formula is C14H20AcN2O. The molecule has 2 heterocycles. The van der Waals surface area contributed by atoms with Gasteiger partial charge < -0.3 is 15.3 Å². The van der Waals surface area contributed by atoms with Gasteiger partial charge in [-0.15, -0.1) is 0 Å². The Kier molecular flexibility index (Phi) is 5.50. The molecule has 0 saturated carbocycles. The Balaban J connectivity index is 0.00000120. The molecule has 95 valence electrons. The summed E-state index contributed by atoms with van der Waals surface area (Å²) < 4.78 is 0. The van der Waals surface area contributed by atoms with Gasteiger partial charge in [-0.05, 0) is 31.0 Å². The third kappa shape index (κ3) is 2.77. The van der Waals surface area contributed by atoms with Gasteiger partial charge in [0.2, 0.25) is 0 Å². The number of anilines is 1. The Hall–Kier alpha value is 0.382. The van der Waals surface area contributed by atoms with Crippen molar-refractivity contribution in [3.05, 3.63) is 29.8 Å². The van der Waals surface area contributed by atoms with Crippen LogP contribution in [-0.4, -0.2) is 37.4 Å². The summed E-state index contributed by atoms with van der Waals surface area (Å²) in [4.78, 5) is 2.51. The van der Waals surface area contributed by atoms with Gasteiger partial charge in [0.05, 0.1) is 0 Å². The van der Waals surface area contributed by atoms with Crippen molar-refractivity contribution >= 4 is 5.69 Å². The van der Waals surface area contributed by atoms with Crippen LogP contribution in [0.15, 0.2) is 24.3 Å². The number of rotatable bonds is 2. The maximum Gasteiger partial charge on any atom is 0.0491 e. The van der Waals surface area contributed by atoms with E-state index in [1.165, 1.54) is 11.3 Å². The van der Waals surface area contributed by atoms with Gasteiger partial charge in [0.25, 0.3) is 0 Å². The molecule has 2 aliphatic rings. The second-order valence-corrected chi connectivity index (χ2v) is 5.07. The molecule has 0 spiro atoms. The molecule has 1 aromatic rings. The molecule has 0 bridgehead atoms. The number of benzene rings is 1. The number of fused-ring (bicyclic) bond motifs is 1. The van der Waals surface area contributed by atoms with Crippen LogP contribution in [0.2, 0.25) is 0 Å². The second-order valence-electron chi connectivity index (χ2n) is 5.07. The molecule has 18 heavy (non-hydrogen) atoms. The minimum absolute atomic E-state index is 0. The minimum Gasteiger partial charge on any atom is -0.396 e. The van der Waals surface area contributed by atoms with E-state index < -0.39 is 0 Å². The van der Waals surface area contributed by atoms with Crippen molar-refractivity contribution in [3.8, 4) is 0 Å². The molecule has 1 radical (unpaired) electrons. The van der Waals surface area contributed by atoms with Crippen LogP contribution in [0.1, 0.15) is 12.0 Å². The topological polar surface area (TPSA) is 35.5 Å². The van der Waals surface area contributed by atoms with Crippen LogP contribution in [-0.2, 0) is 6.42 Å². The van der Waals surface area contributed by atoms with Crippen LogP contribution in [0.5, 0.6) is 0 Å². The van der Waals surface area contributed by atoms with E-state index >= 15 is 0 Å². The molecule has 1 aromatic carbocycles. The molecule has 0 amide bonds. The SMILES string of the molecule is OCC1CNCCC1N1CCc2ccccc21.[Ac]. The van der Waals surface area contributed by atoms with Gasteiger partial charge in [-0.25, -0.2) is 0 Å². The summed E-state index contributed by atoms with van der Waals surface area (Å²) in [5.41, 5.74) is 2.85. The third-order valence-corrected chi connectivity index (χ3v) is 4.13. The van der Waals surface area contributed by atoms with Crippen LogP contribution < -0.4 is 10.2 Å². The summed E-state index contributed by atoms with van der Waals surface area (Å²) in [5.74, 6) is 0.370. The molecule has 0 aliphatic carbocycles. The number of para-hydroxylation sites is 1. The first-order valence-corrected chi connectivity index (χ1v) is 6.56. The molecular weight excluding hydrogens is 439 g/mol. The molecule has 1 saturated heterocycles. The van der Waals surface area contributed by atoms with Gasteiger partial charge >= 0.3 is 0 Å². The first-order chi connectivity index (χ1) is 8.40. The van der Waals surface area contributed by atoms with Crippen molar-refractivity contribution < 1.29 is 49.2 Å².